The van der Waals surface area contributed by atoms with Crippen molar-refractivity contribution in [2.75, 3.05) is 5.32 Å². The van der Waals surface area contributed by atoms with Crippen LogP contribution in [0.2, 0.25) is 0 Å². The van der Waals surface area contributed by atoms with Gasteiger partial charge in [0, 0.05) is 6.04 Å². The van der Waals surface area contributed by atoms with Crippen LogP contribution < -0.4 is 5.32 Å². The van der Waals surface area contributed by atoms with Crippen molar-refractivity contribution in [3.63, 3.8) is 0 Å². The summed E-state index contributed by atoms with van der Waals surface area (Å²) in [5.41, 5.74) is 1.67. The fraction of sp³-hybridized carbons (Fsp3) is 0.133. The number of nitrogens with one attached hydrogen (secondary N) is 1. The van der Waals surface area contributed by atoms with Crippen LogP contribution >= 0.6 is 0 Å². The number of anilines is 1. The maximum absolute atomic E-state index is 13.4. The molecule has 0 fully saturated rings. The second-order valence-corrected chi connectivity index (χ2v) is 4.05. The van der Waals surface area contributed by atoms with E-state index in [-0.39, 0.29) is 11.6 Å². The molecule has 18 heavy (non-hydrogen) atoms. The van der Waals surface area contributed by atoms with E-state index >= 15 is 0 Å². The first kappa shape index (κ1) is 12.1. The van der Waals surface area contributed by atoms with Gasteiger partial charge in [-0.3, -0.25) is 0 Å². The summed E-state index contributed by atoms with van der Waals surface area (Å²) in [5, 5.41) is 12.1. The van der Waals surface area contributed by atoms with E-state index in [9.17, 15) is 4.39 Å². The quantitative estimate of drug-likeness (QED) is 0.884. The van der Waals surface area contributed by atoms with Crippen LogP contribution in [0.1, 0.15) is 24.1 Å². The molecule has 0 radical (unpaired) electrons. The van der Waals surface area contributed by atoms with E-state index in [0.29, 0.717) is 5.69 Å². The Kier molecular flexibility index (Phi) is 3.59. The molecule has 0 aliphatic rings. The third-order valence-corrected chi connectivity index (χ3v) is 2.80. The Bertz CT molecular complexity index is 573. The Morgan fingerprint density at radius 2 is 1.83 bits per heavy atom. The molecule has 0 heterocycles. The number of rotatable bonds is 3. The van der Waals surface area contributed by atoms with E-state index in [0.717, 1.165) is 5.56 Å². The molecule has 2 rings (SSSR count). The van der Waals surface area contributed by atoms with Crippen molar-refractivity contribution in [1.82, 2.24) is 0 Å². The summed E-state index contributed by atoms with van der Waals surface area (Å²) < 4.78 is 13.4. The molecule has 0 spiro atoms. The maximum atomic E-state index is 13.4. The minimum atomic E-state index is -0.497. The van der Waals surface area contributed by atoms with Crippen LogP contribution in [0.25, 0.3) is 0 Å². The summed E-state index contributed by atoms with van der Waals surface area (Å²) in [6.45, 7) is 1.97. The minimum Gasteiger partial charge on any atom is -0.377 e. The third kappa shape index (κ3) is 2.49. The predicted molar refractivity (Wildman–Crippen MR) is 69.6 cm³/mol. The minimum absolute atomic E-state index is 0.0140. The monoisotopic (exact) mass is 240 g/mol. The van der Waals surface area contributed by atoms with Gasteiger partial charge in [-0.05, 0) is 24.6 Å². The van der Waals surface area contributed by atoms with E-state index < -0.39 is 5.82 Å². The second-order valence-electron chi connectivity index (χ2n) is 4.05. The van der Waals surface area contributed by atoms with E-state index in [1.165, 1.54) is 6.07 Å². The van der Waals surface area contributed by atoms with Crippen molar-refractivity contribution in [2.45, 2.75) is 13.0 Å². The molecule has 3 heteroatoms. The summed E-state index contributed by atoms with van der Waals surface area (Å²) in [5.74, 6) is -0.497. The fourth-order valence-corrected chi connectivity index (χ4v) is 1.82. The van der Waals surface area contributed by atoms with Crippen LogP contribution in [0.3, 0.4) is 0 Å². The van der Waals surface area contributed by atoms with Gasteiger partial charge in [-0.1, -0.05) is 36.4 Å². The molecule has 2 aromatic carbocycles. The largest absolute Gasteiger partial charge is 0.377 e. The molecule has 1 unspecified atom stereocenters. The lowest BCUT2D eigenvalue weighted by atomic mass is 10.1. The Hall–Kier alpha value is -2.34. The highest BCUT2D eigenvalue weighted by atomic mass is 19.1. The number of nitriles is 1. The van der Waals surface area contributed by atoms with E-state index in [4.69, 9.17) is 5.26 Å². The SMILES string of the molecule is CC(Nc1cccc(F)c1C#N)c1ccccc1. The van der Waals surface area contributed by atoms with Crippen molar-refractivity contribution >= 4 is 5.69 Å². The lowest BCUT2D eigenvalue weighted by Crippen LogP contribution is -2.08. The number of halogens is 1. The average Bonchev–Trinajstić information content (AvgIpc) is 2.40. The molecule has 0 aromatic heterocycles. The number of hydrogen-bond donors (Lipinski definition) is 1. The molecule has 0 saturated heterocycles. The van der Waals surface area contributed by atoms with Gasteiger partial charge < -0.3 is 5.32 Å². The van der Waals surface area contributed by atoms with Gasteiger partial charge in [-0.15, -0.1) is 0 Å². The topological polar surface area (TPSA) is 35.8 Å². The molecule has 90 valence electrons. The lowest BCUT2D eigenvalue weighted by Gasteiger charge is -2.16. The molecule has 1 atom stereocenters. The van der Waals surface area contributed by atoms with Crippen molar-refractivity contribution in [3.8, 4) is 6.07 Å². The highest BCUT2D eigenvalue weighted by Gasteiger charge is 2.10. The molecule has 1 N–H and O–H groups in total. The van der Waals surface area contributed by atoms with E-state index in [1.807, 2.05) is 43.3 Å². The van der Waals surface area contributed by atoms with Crippen LogP contribution in [0.4, 0.5) is 10.1 Å². The Balaban J connectivity index is 2.25. The third-order valence-electron chi connectivity index (χ3n) is 2.80. The van der Waals surface area contributed by atoms with Gasteiger partial charge >= 0.3 is 0 Å². The Morgan fingerprint density at radius 3 is 2.50 bits per heavy atom. The zero-order valence-corrected chi connectivity index (χ0v) is 10.0. The van der Waals surface area contributed by atoms with Gasteiger partial charge in [0.2, 0.25) is 0 Å². The summed E-state index contributed by atoms with van der Waals surface area (Å²) in [6, 6.07) is 16.3. The van der Waals surface area contributed by atoms with Gasteiger partial charge in [0.1, 0.15) is 17.4 Å². The standard InChI is InChI=1S/C15H13FN2/c1-11(12-6-3-2-4-7-12)18-15-9-5-8-14(16)13(15)10-17/h2-9,11,18H,1H3. The van der Waals surface area contributed by atoms with Gasteiger partial charge in [0.05, 0.1) is 5.69 Å². The summed E-state index contributed by atoms with van der Waals surface area (Å²) >= 11 is 0. The maximum Gasteiger partial charge on any atom is 0.143 e. The molecule has 0 bridgehead atoms. The van der Waals surface area contributed by atoms with E-state index in [1.54, 1.807) is 12.1 Å². The highest BCUT2D eigenvalue weighted by Crippen LogP contribution is 2.23. The van der Waals surface area contributed by atoms with Gasteiger partial charge in [0.15, 0.2) is 0 Å². The molecule has 2 aromatic rings. The lowest BCUT2D eigenvalue weighted by molar-refractivity contribution is 0.624. The van der Waals surface area contributed by atoms with Gasteiger partial charge in [-0.2, -0.15) is 5.26 Å². The number of benzene rings is 2. The molecule has 0 aliphatic heterocycles. The van der Waals surface area contributed by atoms with Gasteiger partial charge in [-0.25, -0.2) is 4.39 Å². The number of hydrogen-bond acceptors (Lipinski definition) is 2. The van der Waals surface area contributed by atoms with Crippen molar-refractivity contribution in [1.29, 1.82) is 5.26 Å². The molecular weight excluding hydrogens is 227 g/mol. The fourth-order valence-electron chi connectivity index (χ4n) is 1.82. The molecule has 0 saturated carbocycles. The Morgan fingerprint density at radius 1 is 1.11 bits per heavy atom. The zero-order valence-electron chi connectivity index (χ0n) is 10.0. The molecule has 0 aliphatic carbocycles. The Labute approximate surface area is 106 Å². The first-order chi connectivity index (χ1) is 8.72. The van der Waals surface area contributed by atoms with Crippen LogP contribution in [-0.2, 0) is 0 Å². The van der Waals surface area contributed by atoms with Crippen molar-refractivity contribution in [2.24, 2.45) is 0 Å². The number of nitrogens with zero attached hydrogens (tertiary/aromatic N) is 1. The van der Waals surface area contributed by atoms with Crippen LogP contribution in [0.5, 0.6) is 0 Å². The van der Waals surface area contributed by atoms with Crippen molar-refractivity contribution in [3.05, 3.63) is 65.5 Å². The first-order valence-electron chi connectivity index (χ1n) is 5.72. The second kappa shape index (κ2) is 5.33. The smallest absolute Gasteiger partial charge is 0.143 e. The molecule has 2 nitrogen and oxygen atoms in total. The normalized spacial score (nSPS) is 11.6. The highest BCUT2D eigenvalue weighted by molar-refractivity contribution is 5.58. The van der Waals surface area contributed by atoms with Crippen LogP contribution in [-0.4, -0.2) is 0 Å². The van der Waals surface area contributed by atoms with Crippen LogP contribution in [0, 0.1) is 17.1 Å². The van der Waals surface area contributed by atoms with E-state index in [2.05, 4.69) is 5.32 Å². The summed E-state index contributed by atoms with van der Waals surface area (Å²) in [6.07, 6.45) is 0. The van der Waals surface area contributed by atoms with Crippen molar-refractivity contribution < 1.29 is 4.39 Å². The predicted octanol–water partition coefficient (Wildman–Crippen LogP) is 3.87. The molecular formula is C15H13FN2. The first-order valence-corrected chi connectivity index (χ1v) is 5.72. The summed E-state index contributed by atoms with van der Waals surface area (Å²) in [7, 11) is 0. The molecule has 0 amide bonds. The zero-order chi connectivity index (χ0) is 13.0. The van der Waals surface area contributed by atoms with Gasteiger partial charge in [0.25, 0.3) is 0 Å². The van der Waals surface area contributed by atoms with Crippen LogP contribution in [0.15, 0.2) is 48.5 Å². The average molecular weight is 240 g/mol. The summed E-state index contributed by atoms with van der Waals surface area (Å²) in [4.78, 5) is 0.